The summed E-state index contributed by atoms with van der Waals surface area (Å²) in [5, 5.41) is 19.2. The van der Waals surface area contributed by atoms with Crippen molar-refractivity contribution in [3.63, 3.8) is 0 Å². The van der Waals surface area contributed by atoms with Crippen LogP contribution in [0.15, 0.2) is 59.7 Å². The van der Waals surface area contributed by atoms with E-state index >= 15 is 0 Å². The van der Waals surface area contributed by atoms with Gasteiger partial charge in [-0.05, 0) is 11.6 Å². The average Bonchev–Trinajstić information content (AvgIpc) is 2.64. The molecule has 2 aromatic rings. The molecule has 9 heteroatoms. The SMILES string of the molecule is O=C(CNC(=O)Nc1cccc([N+](=O)[O-])c1)NN=CCc1ccccc1. The van der Waals surface area contributed by atoms with Crippen molar-refractivity contribution < 1.29 is 14.5 Å². The van der Waals surface area contributed by atoms with Gasteiger partial charge >= 0.3 is 6.03 Å². The minimum absolute atomic E-state index is 0.145. The summed E-state index contributed by atoms with van der Waals surface area (Å²) in [5.74, 6) is -0.497. The van der Waals surface area contributed by atoms with E-state index in [0.717, 1.165) is 5.56 Å². The Bertz CT molecular complexity index is 808. The largest absolute Gasteiger partial charge is 0.329 e. The van der Waals surface area contributed by atoms with Crippen LogP contribution in [0.3, 0.4) is 0 Å². The van der Waals surface area contributed by atoms with E-state index in [2.05, 4.69) is 21.2 Å². The van der Waals surface area contributed by atoms with E-state index in [9.17, 15) is 19.7 Å². The lowest BCUT2D eigenvalue weighted by molar-refractivity contribution is -0.384. The van der Waals surface area contributed by atoms with Gasteiger partial charge in [-0.3, -0.25) is 14.9 Å². The number of nitrogens with zero attached hydrogens (tertiary/aromatic N) is 2. The quantitative estimate of drug-likeness (QED) is 0.399. The third-order valence-corrected chi connectivity index (χ3v) is 3.17. The van der Waals surface area contributed by atoms with Crippen LogP contribution in [-0.2, 0) is 11.2 Å². The second-order valence-corrected chi connectivity index (χ2v) is 5.15. The fraction of sp³-hybridized carbons (Fsp3) is 0.118. The molecule has 0 saturated heterocycles. The minimum Gasteiger partial charge on any atom is -0.329 e. The first-order chi connectivity index (χ1) is 12.5. The van der Waals surface area contributed by atoms with Crippen LogP contribution in [0.2, 0.25) is 0 Å². The number of nitro benzene ring substituents is 1. The number of non-ortho nitro benzene ring substituents is 1. The molecule has 0 fully saturated rings. The molecule has 0 aliphatic rings. The van der Waals surface area contributed by atoms with E-state index in [4.69, 9.17) is 0 Å². The zero-order valence-electron chi connectivity index (χ0n) is 13.7. The summed E-state index contributed by atoms with van der Waals surface area (Å²) >= 11 is 0. The molecule has 3 amide bonds. The summed E-state index contributed by atoms with van der Waals surface area (Å²) in [6.45, 7) is -0.288. The van der Waals surface area contributed by atoms with Crippen LogP contribution in [0.1, 0.15) is 5.56 Å². The molecule has 0 bridgehead atoms. The molecule has 134 valence electrons. The van der Waals surface area contributed by atoms with Crippen molar-refractivity contribution in [1.29, 1.82) is 0 Å². The Morgan fingerprint density at radius 2 is 1.88 bits per heavy atom. The van der Waals surface area contributed by atoms with Crippen LogP contribution in [0.4, 0.5) is 16.2 Å². The zero-order valence-corrected chi connectivity index (χ0v) is 13.7. The topological polar surface area (TPSA) is 126 Å². The average molecular weight is 355 g/mol. The molecular weight excluding hydrogens is 338 g/mol. The van der Waals surface area contributed by atoms with E-state index in [1.165, 1.54) is 24.3 Å². The van der Waals surface area contributed by atoms with E-state index in [1.54, 1.807) is 6.21 Å². The fourth-order valence-corrected chi connectivity index (χ4v) is 1.96. The molecule has 9 nitrogen and oxygen atoms in total. The first-order valence-corrected chi connectivity index (χ1v) is 7.68. The number of nitro groups is 1. The summed E-state index contributed by atoms with van der Waals surface area (Å²) in [6, 6.07) is 14.4. The highest BCUT2D eigenvalue weighted by Gasteiger charge is 2.08. The van der Waals surface area contributed by atoms with Gasteiger partial charge in [-0.1, -0.05) is 36.4 Å². The van der Waals surface area contributed by atoms with Gasteiger partial charge < -0.3 is 10.6 Å². The molecule has 0 aliphatic heterocycles. The van der Waals surface area contributed by atoms with E-state index in [-0.39, 0.29) is 17.9 Å². The van der Waals surface area contributed by atoms with E-state index in [1.807, 2.05) is 30.3 Å². The Labute approximate surface area is 149 Å². The van der Waals surface area contributed by atoms with Gasteiger partial charge in [0.2, 0.25) is 0 Å². The smallest absolute Gasteiger partial charge is 0.319 e. The molecule has 26 heavy (non-hydrogen) atoms. The second-order valence-electron chi connectivity index (χ2n) is 5.15. The highest BCUT2D eigenvalue weighted by atomic mass is 16.6. The highest BCUT2D eigenvalue weighted by Crippen LogP contribution is 2.16. The van der Waals surface area contributed by atoms with Gasteiger partial charge in [-0.15, -0.1) is 0 Å². The number of amides is 3. The summed E-state index contributed by atoms with van der Waals surface area (Å²) in [4.78, 5) is 33.4. The number of hydrazone groups is 1. The first kappa shape index (κ1) is 18.6. The monoisotopic (exact) mass is 355 g/mol. The number of rotatable bonds is 7. The summed E-state index contributed by atoms with van der Waals surface area (Å²) in [5.41, 5.74) is 3.45. The van der Waals surface area contributed by atoms with Crippen LogP contribution >= 0.6 is 0 Å². The maximum absolute atomic E-state index is 11.7. The van der Waals surface area contributed by atoms with Gasteiger partial charge in [0.25, 0.3) is 11.6 Å². The van der Waals surface area contributed by atoms with E-state index < -0.39 is 16.9 Å². The van der Waals surface area contributed by atoms with Gasteiger partial charge in [-0.25, -0.2) is 10.2 Å². The lowest BCUT2D eigenvalue weighted by atomic mass is 10.2. The van der Waals surface area contributed by atoms with Crippen molar-refractivity contribution in [3.8, 4) is 0 Å². The summed E-state index contributed by atoms with van der Waals surface area (Å²) in [6.07, 6.45) is 2.12. The standard InChI is InChI=1S/C17H17N5O4/c23-16(21-19-10-9-13-5-2-1-3-6-13)12-18-17(24)20-14-7-4-8-15(11-14)22(25)26/h1-8,10-11H,9,12H2,(H,21,23)(H2,18,20,24). The maximum Gasteiger partial charge on any atom is 0.319 e. The summed E-state index contributed by atoms with van der Waals surface area (Å²) in [7, 11) is 0. The molecule has 0 radical (unpaired) electrons. The molecular formula is C17H17N5O4. The Hall–Kier alpha value is -3.75. The number of anilines is 1. The van der Waals surface area contributed by atoms with Crippen molar-refractivity contribution in [2.45, 2.75) is 6.42 Å². The molecule has 2 aromatic carbocycles. The maximum atomic E-state index is 11.7. The molecule has 0 spiro atoms. The molecule has 3 N–H and O–H groups in total. The molecule has 0 aromatic heterocycles. The van der Waals surface area contributed by atoms with Crippen LogP contribution in [0, 0.1) is 10.1 Å². The first-order valence-electron chi connectivity index (χ1n) is 7.68. The Morgan fingerprint density at radius 3 is 2.62 bits per heavy atom. The minimum atomic E-state index is -0.658. The molecule has 2 rings (SSSR count). The zero-order chi connectivity index (χ0) is 18.8. The third-order valence-electron chi connectivity index (χ3n) is 3.17. The Balaban J connectivity index is 1.70. The van der Waals surface area contributed by atoms with Crippen molar-refractivity contribution >= 4 is 29.5 Å². The number of nitrogens with one attached hydrogen (secondary N) is 3. The van der Waals surface area contributed by atoms with Crippen molar-refractivity contribution in [3.05, 3.63) is 70.3 Å². The number of urea groups is 1. The molecule has 0 saturated carbocycles. The van der Waals surface area contributed by atoms with Gasteiger partial charge in [0.15, 0.2) is 0 Å². The van der Waals surface area contributed by atoms with E-state index in [0.29, 0.717) is 6.42 Å². The fourth-order valence-electron chi connectivity index (χ4n) is 1.96. The lowest BCUT2D eigenvalue weighted by Gasteiger charge is -2.06. The number of carbonyl (C=O) groups is 2. The van der Waals surface area contributed by atoms with Crippen molar-refractivity contribution in [1.82, 2.24) is 10.7 Å². The predicted molar refractivity (Wildman–Crippen MR) is 96.9 cm³/mol. The third kappa shape index (κ3) is 6.40. The molecule has 0 unspecified atom stereocenters. The highest BCUT2D eigenvalue weighted by molar-refractivity contribution is 5.92. The van der Waals surface area contributed by atoms with Crippen molar-refractivity contribution in [2.24, 2.45) is 5.10 Å². The molecule has 0 heterocycles. The number of benzene rings is 2. The Kier molecular flexibility index (Phi) is 6.81. The Morgan fingerprint density at radius 1 is 1.12 bits per heavy atom. The number of hydrogen-bond donors (Lipinski definition) is 3. The number of hydrogen-bond acceptors (Lipinski definition) is 5. The second kappa shape index (κ2) is 9.52. The van der Waals surface area contributed by atoms with Crippen LogP contribution in [-0.4, -0.2) is 29.6 Å². The lowest BCUT2D eigenvalue weighted by Crippen LogP contribution is -2.37. The van der Waals surface area contributed by atoms with Crippen LogP contribution < -0.4 is 16.1 Å². The predicted octanol–water partition coefficient (Wildman–Crippen LogP) is 2.06. The van der Waals surface area contributed by atoms with Gasteiger partial charge in [0.1, 0.15) is 6.54 Å². The number of carbonyl (C=O) groups excluding carboxylic acids is 2. The molecule has 0 aliphatic carbocycles. The normalized spacial score (nSPS) is 10.3. The van der Waals surface area contributed by atoms with Crippen LogP contribution in [0.25, 0.3) is 0 Å². The summed E-state index contributed by atoms with van der Waals surface area (Å²) < 4.78 is 0. The van der Waals surface area contributed by atoms with Gasteiger partial charge in [0.05, 0.1) is 4.92 Å². The molecule has 0 atom stereocenters. The van der Waals surface area contributed by atoms with Crippen LogP contribution in [0.5, 0.6) is 0 Å². The van der Waals surface area contributed by atoms with Gasteiger partial charge in [-0.2, -0.15) is 5.10 Å². The van der Waals surface area contributed by atoms with Crippen molar-refractivity contribution in [2.75, 3.05) is 11.9 Å². The van der Waals surface area contributed by atoms with Gasteiger partial charge in [0, 0.05) is 30.5 Å².